The molecule has 0 spiro atoms. The molecule has 0 saturated carbocycles. The van der Waals surface area contributed by atoms with Gasteiger partial charge < -0.3 is 20.4 Å². The Kier molecular flexibility index (Phi) is 7.55. The summed E-state index contributed by atoms with van der Waals surface area (Å²) >= 11 is 0. The van der Waals surface area contributed by atoms with E-state index in [1.807, 2.05) is 6.20 Å². The Morgan fingerprint density at radius 3 is 2.31 bits per heavy atom. The molecule has 6 nitrogen and oxygen atoms in total. The van der Waals surface area contributed by atoms with Crippen LogP contribution in [0, 0.1) is 0 Å². The Balaban J connectivity index is 1.35. The average Bonchev–Trinajstić information content (AvgIpc) is 2.97. The molecule has 1 aromatic heterocycles. The van der Waals surface area contributed by atoms with E-state index < -0.39 is 0 Å². The summed E-state index contributed by atoms with van der Waals surface area (Å²) in [6.45, 7) is 6.70. The highest BCUT2D eigenvalue weighted by molar-refractivity contribution is 5.73. The SMILES string of the molecule is O=C(NCCN1CCCCC1)NCc1ccc(N2CCCCCC2)nc1. The van der Waals surface area contributed by atoms with Crippen molar-refractivity contribution in [1.29, 1.82) is 0 Å². The molecule has 26 heavy (non-hydrogen) atoms. The molecule has 0 aromatic carbocycles. The molecule has 2 aliphatic rings. The number of piperidine rings is 1. The van der Waals surface area contributed by atoms with Crippen LogP contribution in [0.2, 0.25) is 0 Å². The van der Waals surface area contributed by atoms with Crippen molar-refractivity contribution in [3.63, 3.8) is 0 Å². The number of amides is 2. The third kappa shape index (κ3) is 6.16. The highest BCUT2D eigenvalue weighted by Gasteiger charge is 2.11. The van der Waals surface area contributed by atoms with Crippen molar-refractivity contribution in [2.45, 2.75) is 51.5 Å². The van der Waals surface area contributed by atoms with Gasteiger partial charge in [-0.25, -0.2) is 9.78 Å². The average molecular weight is 360 g/mol. The van der Waals surface area contributed by atoms with Gasteiger partial charge >= 0.3 is 6.03 Å². The van der Waals surface area contributed by atoms with Gasteiger partial charge in [0.15, 0.2) is 0 Å². The second kappa shape index (κ2) is 10.4. The molecule has 2 N–H and O–H groups in total. The maximum atomic E-state index is 11.9. The number of nitrogens with zero attached hydrogens (tertiary/aromatic N) is 3. The number of urea groups is 1. The van der Waals surface area contributed by atoms with Crippen molar-refractivity contribution in [3.8, 4) is 0 Å². The Hall–Kier alpha value is -1.82. The summed E-state index contributed by atoms with van der Waals surface area (Å²) < 4.78 is 0. The Labute approximate surface area is 157 Å². The van der Waals surface area contributed by atoms with Gasteiger partial charge in [0.1, 0.15) is 5.82 Å². The Morgan fingerprint density at radius 2 is 1.62 bits per heavy atom. The molecule has 0 radical (unpaired) electrons. The molecule has 2 saturated heterocycles. The third-order valence-corrected chi connectivity index (χ3v) is 5.35. The minimum Gasteiger partial charge on any atom is -0.357 e. The first-order valence-corrected chi connectivity index (χ1v) is 10.3. The maximum Gasteiger partial charge on any atom is 0.315 e. The number of rotatable bonds is 6. The number of likely N-dealkylation sites (tertiary alicyclic amines) is 1. The van der Waals surface area contributed by atoms with Crippen molar-refractivity contribution in [1.82, 2.24) is 20.5 Å². The van der Waals surface area contributed by atoms with E-state index >= 15 is 0 Å². The van der Waals surface area contributed by atoms with Gasteiger partial charge in [-0.05, 0) is 50.4 Å². The summed E-state index contributed by atoms with van der Waals surface area (Å²) in [5, 5.41) is 5.87. The van der Waals surface area contributed by atoms with Crippen molar-refractivity contribution in [2.24, 2.45) is 0 Å². The summed E-state index contributed by atoms with van der Waals surface area (Å²) in [5.74, 6) is 1.06. The van der Waals surface area contributed by atoms with E-state index in [1.165, 1.54) is 58.0 Å². The molecule has 2 amide bonds. The van der Waals surface area contributed by atoms with Gasteiger partial charge in [0, 0.05) is 38.9 Å². The van der Waals surface area contributed by atoms with Gasteiger partial charge in [-0.15, -0.1) is 0 Å². The van der Waals surface area contributed by atoms with Crippen molar-refractivity contribution < 1.29 is 4.79 Å². The van der Waals surface area contributed by atoms with E-state index in [-0.39, 0.29) is 6.03 Å². The van der Waals surface area contributed by atoms with E-state index in [0.29, 0.717) is 13.1 Å². The van der Waals surface area contributed by atoms with E-state index in [2.05, 4.69) is 37.6 Å². The number of nitrogens with one attached hydrogen (secondary N) is 2. The van der Waals surface area contributed by atoms with Gasteiger partial charge in [-0.1, -0.05) is 25.3 Å². The van der Waals surface area contributed by atoms with Gasteiger partial charge in [-0.3, -0.25) is 0 Å². The second-order valence-electron chi connectivity index (χ2n) is 7.44. The minimum atomic E-state index is -0.0985. The molecule has 0 unspecified atom stereocenters. The molecule has 2 fully saturated rings. The summed E-state index contributed by atoms with van der Waals surface area (Å²) in [6, 6.07) is 4.05. The molecule has 6 heteroatoms. The highest BCUT2D eigenvalue weighted by Crippen LogP contribution is 2.17. The van der Waals surface area contributed by atoms with Crippen LogP contribution in [0.4, 0.5) is 10.6 Å². The zero-order valence-electron chi connectivity index (χ0n) is 15.9. The lowest BCUT2D eigenvalue weighted by Crippen LogP contribution is -2.41. The summed E-state index contributed by atoms with van der Waals surface area (Å²) in [6.07, 6.45) is 10.9. The number of carbonyl (C=O) groups is 1. The molecule has 3 heterocycles. The van der Waals surface area contributed by atoms with E-state index in [9.17, 15) is 4.79 Å². The fourth-order valence-electron chi connectivity index (χ4n) is 3.76. The lowest BCUT2D eigenvalue weighted by molar-refractivity contribution is 0.220. The summed E-state index contributed by atoms with van der Waals surface area (Å²) in [7, 11) is 0. The summed E-state index contributed by atoms with van der Waals surface area (Å²) in [5.41, 5.74) is 1.04. The fourth-order valence-corrected chi connectivity index (χ4v) is 3.76. The first kappa shape index (κ1) is 19.0. The standard InChI is InChI=1S/C20H33N5O/c26-20(21-10-15-24-11-4-3-5-12-24)23-17-18-8-9-19(22-16-18)25-13-6-1-2-7-14-25/h8-9,16H,1-7,10-15,17H2,(H2,21,23,26). The molecule has 0 bridgehead atoms. The van der Waals surface area contributed by atoms with Crippen LogP contribution in [0.25, 0.3) is 0 Å². The number of pyridine rings is 1. The van der Waals surface area contributed by atoms with Gasteiger partial charge in [-0.2, -0.15) is 0 Å². The van der Waals surface area contributed by atoms with Gasteiger partial charge in [0.25, 0.3) is 0 Å². The molecule has 1 aromatic rings. The van der Waals surface area contributed by atoms with E-state index in [0.717, 1.165) is 31.0 Å². The van der Waals surface area contributed by atoms with E-state index in [1.54, 1.807) is 0 Å². The lowest BCUT2D eigenvalue weighted by atomic mass is 10.1. The fraction of sp³-hybridized carbons (Fsp3) is 0.700. The lowest BCUT2D eigenvalue weighted by Gasteiger charge is -2.26. The van der Waals surface area contributed by atoms with Crippen molar-refractivity contribution >= 4 is 11.8 Å². The number of anilines is 1. The molecular formula is C20H33N5O. The smallest absolute Gasteiger partial charge is 0.315 e. The van der Waals surface area contributed by atoms with Crippen LogP contribution in [-0.2, 0) is 6.54 Å². The van der Waals surface area contributed by atoms with Crippen LogP contribution in [-0.4, -0.2) is 55.2 Å². The van der Waals surface area contributed by atoms with Gasteiger partial charge in [0.2, 0.25) is 0 Å². The highest BCUT2D eigenvalue weighted by atomic mass is 16.2. The van der Waals surface area contributed by atoms with Crippen LogP contribution in [0.1, 0.15) is 50.5 Å². The number of hydrogen-bond acceptors (Lipinski definition) is 4. The first-order valence-electron chi connectivity index (χ1n) is 10.3. The van der Waals surface area contributed by atoms with Crippen molar-refractivity contribution in [3.05, 3.63) is 23.9 Å². The van der Waals surface area contributed by atoms with Crippen LogP contribution in [0.3, 0.4) is 0 Å². The Bertz CT molecular complexity index is 534. The number of carbonyl (C=O) groups excluding carboxylic acids is 1. The quantitative estimate of drug-likeness (QED) is 0.820. The topological polar surface area (TPSA) is 60.5 Å². The number of hydrogen-bond donors (Lipinski definition) is 2. The predicted molar refractivity (Wildman–Crippen MR) is 105 cm³/mol. The third-order valence-electron chi connectivity index (χ3n) is 5.35. The second-order valence-corrected chi connectivity index (χ2v) is 7.44. The van der Waals surface area contributed by atoms with Crippen LogP contribution < -0.4 is 15.5 Å². The molecule has 3 rings (SSSR count). The van der Waals surface area contributed by atoms with Gasteiger partial charge in [0.05, 0.1) is 0 Å². The van der Waals surface area contributed by atoms with Crippen LogP contribution in [0.5, 0.6) is 0 Å². The van der Waals surface area contributed by atoms with Crippen LogP contribution in [0.15, 0.2) is 18.3 Å². The van der Waals surface area contributed by atoms with E-state index in [4.69, 9.17) is 0 Å². The number of aromatic nitrogens is 1. The maximum absolute atomic E-state index is 11.9. The molecular weight excluding hydrogens is 326 g/mol. The normalized spacial score (nSPS) is 19.0. The monoisotopic (exact) mass is 359 g/mol. The predicted octanol–water partition coefficient (Wildman–Crippen LogP) is 2.75. The first-order chi connectivity index (χ1) is 12.8. The van der Waals surface area contributed by atoms with Crippen LogP contribution >= 0.6 is 0 Å². The molecule has 2 aliphatic heterocycles. The molecule has 0 atom stereocenters. The summed E-state index contributed by atoms with van der Waals surface area (Å²) in [4.78, 5) is 21.3. The zero-order valence-corrected chi connectivity index (χ0v) is 15.9. The van der Waals surface area contributed by atoms with Crippen molar-refractivity contribution in [2.75, 3.05) is 44.2 Å². The molecule has 144 valence electrons. The minimum absolute atomic E-state index is 0.0985. The Morgan fingerprint density at radius 1 is 0.923 bits per heavy atom. The molecule has 0 aliphatic carbocycles. The largest absolute Gasteiger partial charge is 0.357 e. The zero-order chi connectivity index (χ0) is 18.0.